The van der Waals surface area contributed by atoms with Crippen LogP contribution in [0.1, 0.15) is 20.8 Å². The van der Waals surface area contributed by atoms with E-state index in [9.17, 15) is 4.79 Å². The molecule has 0 aliphatic rings. The maximum atomic E-state index is 11.4. The van der Waals surface area contributed by atoms with Crippen LogP contribution in [0.2, 0.25) is 0 Å². The second-order valence-electron chi connectivity index (χ2n) is 7.86. The molecule has 0 N–H and O–H groups in total. The third-order valence-corrected chi connectivity index (χ3v) is 3.74. The van der Waals surface area contributed by atoms with Crippen LogP contribution in [0.25, 0.3) is 0 Å². The lowest BCUT2D eigenvalue weighted by Gasteiger charge is -2.19. The Hall–Kier alpha value is -1.75. The Morgan fingerprint density at radius 1 is 0.606 bits per heavy atom. The summed E-state index contributed by atoms with van der Waals surface area (Å²) in [5.74, 6) is 0.460. The van der Waals surface area contributed by atoms with Gasteiger partial charge in [0.15, 0.2) is 0 Å². The van der Waals surface area contributed by atoms with Crippen LogP contribution in [0, 0.1) is 0 Å². The number of rotatable bonds is 21. The van der Waals surface area contributed by atoms with Gasteiger partial charge in [0, 0.05) is 0 Å². The fraction of sp³-hybridized carbons (Fsp3) is 0.708. The normalized spacial score (nSPS) is 11.5. The molecule has 0 fully saturated rings. The lowest BCUT2D eigenvalue weighted by atomic mass is 10.2. The van der Waals surface area contributed by atoms with Crippen molar-refractivity contribution < 1.29 is 42.7 Å². The maximum Gasteiger partial charge on any atom is 0.332 e. The molecule has 0 aromatic heterocycles. The van der Waals surface area contributed by atoms with Crippen LogP contribution in [-0.2, 0) is 38.0 Å². The molecule has 0 aliphatic carbocycles. The Kier molecular flexibility index (Phi) is 17.5. The van der Waals surface area contributed by atoms with Gasteiger partial charge in [0.2, 0.25) is 0 Å². The molecule has 1 aromatic rings. The first kappa shape index (κ1) is 29.3. The highest BCUT2D eigenvalue weighted by Gasteiger charge is 2.15. The van der Waals surface area contributed by atoms with E-state index in [1.165, 1.54) is 0 Å². The molecular weight excluding hydrogens is 432 g/mol. The molecule has 0 atom stereocenters. The molecule has 1 aromatic carbocycles. The first-order valence-corrected chi connectivity index (χ1v) is 11.3. The minimum atomic E-state index is -0.501. The molecule has 0 heterocycles. The van der Waals surface area contributed by atoms with Crippen LogP contribution in [0.15, 0.2) is 30.3 Å². The molecule has 0 amide bonds. The predicted octanol–water partition coefficient (Wildman–Crippen LogP) is 2.51. The second kappa shape index (κ2) is 19.7. The first-order valence-electron chi connectivity index (χ1n) is 11.3. The highest BCUT2D eigenvalue weighted by Crippen LogP contribution is 2.07. The summed E-state index contributed by atoms with van der Waals surface area (Å²) < 4.78 is 42.9. The number of esters is 1. The third kappa shape index (κ3) is 20.6. The van der Waals surface area contributed by atoms with Gasteiger partial charge in [-0.05, 0) is 32.9 Å². The van der Waals surface area contributed by atoms with Crippen molar-refractivity contribution in [3.05, 3.63) is 30.3 Å². The molecular formula is C24H40O9. The highest BCUT2D eigenvalue weighted by atomic mass is 16.6. The van der Waals surface area contributed by atoms with E-state index >= 15 is 0 Å². The second-order valence-corrected chi connectivity index (χ2v) is 7.86. The molecule has 1 rings (SSSR count). The Balaban J connectivity index is 1.70. The molecule has 0 saturated heterocycles. The molecule has 0 spiro atoms. The molecule has 0 radical (unpaired) electrons. The lowest BCUT2D eigenvalue weighted by Crippen LogP contribution is -2.27. The molecule has 9 heteroatoms. The van der Waals surface area contributed by atoms with Crippen molar-refractivity contribution >= 4 is 5.97 Å². The maximum absolute atomic E-state index is 11.4. The first-order chi connectivity index (χ1) is 16.0. The Morgan fingerprint density at radius 2 is 1.00 bits per heavy atom. The minimum Gasteiger partial charge on any atom is -0.491 e. The summed E-state index contributed by atoms with van der Waals surface area (Å²) >= 11 is 0. The van der Waals surface area contributed by atoms with Crippen molar-refractivity contribution in [2.24, 2.45) is 0 Å². The molecule has 0 aliphatic heterocycles. The van der Waals surface area contributed by atoms with Crippen molar-refractivity contribution in [3.8, 4) is 5.75 Å². The summed E-state index contributed by atoms with van der Waals surface area (Å²) in [5, 5.41) is 0. The van der Waals surface area contributed by atoms with E-state index < -0.39 is 5.60 Å². The molecule has 0 unspecified atom stereocenters. The number of carbonyl (C=O) groups is 1. The van der Waals surface area contributed by atoms with Crippen molar-refractivity contribution in [2.45, 2.75) is 26.4 Å². The van der Waals surface area contributed by atoms with Crippen molar-refractivity contribution in [1.82, 2.24) is 0 Å². The summed E-state index contributed by atoms with van der Waals surface area (Å²) in [7, 11) is 0. The summed E-state index contributed by atoms with van der Waals surface area (Å²) in [5.41, 5.74) is -0.501. The lowest BCUT2D eigenvalue weighted by molar-refractivity contribution is -0.160. The van der Waals surface area contributed by atoms with Crippen LogP contribution < -0.4 is 4.74 Å². The molecule has 190 valence electrons. The van der Waals surface area contributed by atoms with Crippen molar-refractivity contribution in [2.75, 3.05) is 85.9 Å². The van der Waals surface area contributed by atoms with Gasteiger partial charge < -0.3 is 37.9 Å². The number of benzene rings is 1. The fourth-order valence-electron chi connectivity index (χ4n) is 2.36. The van der Waals surface area contributed by atoms with E-state index in [0.29, 0.717) is 79.3 Å². The van der Waals surface area contributed by atoms with Gasteiger partial charge in [0.1, 0.15) is 24.6 Å². The average molecular weight is 473 g/mol. The Morgan fingerprint density at radius 3 is 1.42 bits per heavy atom. The van der Waals surface area contributed by atoms with Crippen molar-refractivity contribution in [1.29, 1.82) is 0 Å². The van der Waals surface area contributed by atoms with E-state index in [0.717, 1.165) is 5.75 Å². The Labute approximate surface area is 197 Å². The summed E-state index contributed by atoms with van der Waals surface area (Å²) in [6.07, 6.45) is 0. The number of ether oxygens (including phenoxy) is 8. The summed E-state index contributed by atoms with van der Waals surface area (Å²) in [6.45, 7) is 11.1. The fourth-order valence-corrected chi connectivity index (χ4v) is 2.36. The van der Waals surface area contributed by atoms with Crippen LogP contribution in [0.5, 0.6) is 5.75 Å². The average Bonchev–Trinajstić information content (AvgIpc) is 2.77. The predicted molar refractivity (Wildman–Crippen MR) is 123 cm³/mol. The van der Waals surface area contributed by atoms with Gasteiger partial charge in [-0.25, -0.2) is 4.79 Å². The quantitative estimate of drug-likeness (QED) is 0.198. The zero-order chi connectivity index (χ0) is 24.0. The number of carbonyl (C=O) groups excluding carboxylic acids is 1. The summed E-state index contributed by atoms with van der Waals surface area (Å²) in [4.78, 5) is 11.4. The van der Waals surface area contributed by atoms with Gasteiger partial charge >= 0.3 is 5.97 Å². The number of hydrogen-bond acceptors (Lipinski definition) is 9. The van der Waals surface area contributed by atoms with Crippen LogP contribution in [0.3, 0.4) is 0 Å². The standard InChI is InChI=1S/C24H40O9/c1-24(2,3)33-23(25)21-31-18-17-29-14-13-27-10-9-26-11-12-28-15-16-30-19-20-32-22-7-5-4-6-8-22/h4-8H,9-21H2,1-3H3. The van der Waals surface area contributed by atoms with E-state index in [1.54, 1.807) is 0 Å². The minimum absolute atomic E-state index is 0.0745. The van der Waals surface area contributed by atoms with Gasteiger partial charge in [-0.2, -0.15) is 0 Å². The van der Waals surface area contributed by atoms with Crippen LogP contribution in [-0.4, -0.2) is 97.5 Å². The van der Waals surface area contributed by atoms with Gasteiger partial charge in [0.25, 0.3) is 0 Å². The van der Waals surface area contributed by atoms with E-state index in [2.05, 4.69) is 0 Å². The molecule has 33 heavy (non-hydrogen) atoms. The van der Waals surface area contributed by atoms with Gasteiger partial charge in [-0.1, -0.05) is 18.2 Å². The van der Waals surface area contributed by atoms with Crippen LogP contribution in [0.4, 0.5) is 0 Å². The Bertz CT molecular complexity index is 575. The van der Waals surface area contributed by atoms with E-state index in [-0.39, 0.29) is 12.6 Å². The van der Waals surface area contributed by atoms with Gasteiger partial charge in [-0.15, -0.1) is 0 Å². The SMILES string of the molecule is CC(C)(C)OC(=O)COCCOCCOCCOCCOCCOCCOc1ccccc1. The largest absolute Gasteiger partial charge is 0.491 e. The number of hydrogen-bond donors (Lipinski definition) is 0. The molecule has 0 saturated carbocycles. The smallest absolute Gasteiger partial charge is 0.332 e. The topological polar surface area (TPSA) is 90.9 Å². The monoisotopic (exact) mass is 472 g/mol. The summed E-state index contributed by atoms with van der Waals surface area (Å²) in [6, 6.07) is 9.64. The third-order valence-electron chi connectivity index (χ3n) is 3.74. The molecule has 9 nitrogen and oxygen atoms in total. The molecule has 0 bridgehead atoms. The zero-order valence-electron chi connectivity index (χ0n) is 20.3. The van der Waals surface area contributed by atoms with Gasteiger partial charge in [-0.3, -0.25) is 0 Å². The zero-order valence-corrected chi connectivity index (χ0v) is 20.3. The van der Waals surface area contributed by atoms with E-state index in [1.807, 2.05) is 51.1 Å². The van der Waals surface area contributed by atoms with Crippen molar-refractivity contribution in [3.63, 3.8) is 0 Å². The highest BCUT2D eigenvalue weighted by molar-refractivity contribution is 5.71. The van der Waals surface area contributed by atoms with Crippen LogP contribution >= 0.6 is 0 Å². The van der Waals surface area contributed by atoms with E-state index in [4.69, 9.17) is 37.9 Å². The number of para-hydroxylation sites is 1. The van der Waals surface area contributed by atoms with Gasteiger partial charge in [0.05, 0.1) is 72.7 Å².